The van der Waals surface area contributed by atoms with Gasteiger partial charge in [0.1, 0.15) is 6.33 Å². The Morgan fingerprint density at radius 3 is 2.57 bits per heavy atom. The first-order chi connectivity index (χ1) is 17.2. The van der Waals surface area contributed by atoms with Gasteiger partial charge in [-0.15, -0.1) is 12.4 Å². The number of imide groups is 1. The second kappa shape index (κ2) is 9.34. The molecule has 1 N–H and O–H groups in total. The summed E-state index contributed by atoms with van der Waals surface area (Å²) in [4.78, 5) is 34.3. The number of rotatable bonds is 5. The van der Waals surface area contributed by atoms with Crippen LogP contribution in [0.1, 0.15) is 37.5 Å². The van der Waals surface area contributed by atoms with E-state index in [0.29, 0.717) is 11.1 Å². The summed E-state index contributed by atoms with van der Waals surface area (Å²) in [6.07, 6.45) is 3.43. The molecule has 3 atom stereocenters. The SMILES string of the molecule is Cc1cc(Cl)cc(-c2ncnn3cc(CN4C(=O)C5C(C4=O)C5(C)C)cc23)c1CN1CCNCC1C.Cl. The van der Waals surface area contributed by atoms with Gasteiger partial charge in [0.15, 0.2) is 0 Å². The highest BCUT2D eigenvalue weighted by Crippen LogP contribution is 2.63. The van der Waals surface area contributed by atoms with Crippen LogP contribution >= 0.6 is 24.0 Å². The molecule has 4 heterocycles. The average molecular weight is 543 g/mol. The fourth-order valence-corrected chi connectivity index (χ4v) is 6.41. The summed E-state index contributed by atoms with van der Waals surface area (Å²) in [6, 6.07) is 6.40. The van der Waals surface area contributed by atoms with Crippen molar-refractivity contribution in [3.63, 3.8) is 0 Å². The van der Waals surface area contributed by atoms with Gasteiger partial charge in [-0.2, -0.15) is 5.10 Å². The third kappa shape index (κ3) is 4.24. The largest absolute Gasteiger partial charge is 0.314 e. The lowest BCUT2D eigenvalue weighted by atomic mass is 9.97. The smallest absolute Gasteiger partial charge is 0.233 e. The molecule has 2 aromatic heterocycles. The lowest BCUT2D eigenvalue weighted by Crippen LogP contribution is -2.49. The Morgan fingerprint density at radius 1 is 1.14 bits per heavy atom. The van der Waals surface area contributed by atoms with Crippen LogP contribution in [0.3, 0.4) is 0 Å². The van der Waals surface area contributed by atoms with Crippen molar-refractivity contribution in [3.05, 3.63) is 52.4 Å². The van der Waals surface area contributed by atoms with Gasteiger partial charge in [-0.05, 0) is 54.2 Å². The summed E-state index contributed by atoms with van der Waals surface area (Å²) < 4.78 is 1.78. The molecule has 10 heteroatoms. The van der Waals surface area contributed by atoms with E-state index in [1.54, 1.807) is 10.8 Å². The lowest BCUT2D eigenvalue weighted by molar-refractivity contribution is -0.143. The number of carbonyl (C=O) groups is 2. The summed E-state index contributed by atoms with van der Waals surface area (Å²) in [5, 5.41) is 8.53. The Morgan fingerprint density at radius 2 is 1.86 bits per heavy atom. The second-order valence-corrected chi connectivity index (χ2v) is 11.5. The molecule has 3 unspecified atom stereocenters. The first kappa shape index (κ1) is 26.1. The summed E-state index contributed by atoms with van der Waals surface area (Å²) in [5.74, 6) is -0.479. The van der Waals surface area contributed by atoms with Crippen LogP contribution in [0.4, 0.5) is 0 Å². The van der Waals surface area contributed by atoms with E-state index in [-0.39, 0.29) is 48.0 Å². The first-order valence-corrected chi connectivity index (χ1v) is 13.0. The highest BCUT2D eigenvalue weighted by molar-refractivity contribution is 6.31. The third-order valence-corrected chi connectivity index (χ3v) is 8.61. The molecule has 196 valence electrons. The van der Waals surface area contributed by atoms with Crippen molar-refractivity contribution in [1.29, 1.82) is 0 Å². The van der Waals surface area contributed by atoms with Gasteiger partial charge in [-0.1, -0.05) is 25.4 Å². The molecule has 2 amide bonds. The van der Waals surface area contributed by atoms with Gasteiger partial charge in [0.25, 0.3) is 0 Å². The van der Waals surface area contributed by atoms with Crippen molar-refractivity contribution in [1.82, 2.24) is 29.7 Å². The number of nitrogens with zero attached hydrogens (tertiary/aromatic N) is 5. The van der Waals surface area contributed by atoms with Gasteiger partial charge in [-0.25, -0.2) is 9.50 Å². The van der Waals surface area contributed by atoms with Crippen LogP contribution in [0, 0.1) is 24.2 Å². The van der Waals surface area contributed by atoms with E-state index in [9.17, 15) is 9.59 Å². The van der Waals surface area contributed by atoms with E-state index >= 15 is 0 Å². The van der Waals surface area contributed by atoms with Crippen LogP contribution in [-0.4, -0.2) is 61.9 Å². The van der Waals surface area contributed by atoms with Gasteiger partial charge < -0.3 is 5.32 Å². The fraction of sp³-hybridized carbons (Fsp3) is 0.481. The zero-order chi connectivity index (χ0) is 25.4. The number of nitrogens with one attached hydrogen (secondary N) is 1. The molecule has 1 saturated carbocycles. The lowest BCUT2D eigenvalue weighted by Gasteiger charge is -2.34. The Labute approximate surface area is 227 Å². The molecule has 6 rings (SSSR count). The molecule has 0 radical (unpaired) electrons. The zero-order valence-electron chi connectivity index (χ0n) is 21.5. The van der Waals surface area contributed by atoms with E-state index in [1.807, 2.05) is 38.2 Å². The average Bonchev–Trinajstić information content (AvgIpc) is 3.08. The van der Waals surface area contributed by atoms with Crippen molar-refractivity contribution < 1.29 is 9.59 Å². The molecule has 2 aliphatic heterocycles. The Hall–Kier alpha value is -2.52. The number of benzene rings is 1. The van der Waals surface area contributed by atoms with Crippen LogP contribution < -0.4 is 5.32 Å². The van der Waals surface area contributed by atoms with Gasteiger partial charge in [0, 0.05) is 49.0 Å². The third-order valence-electron chi connectivity index (χ3n) is 8.39. The Balaban J connectivity index is 0.00000280. The number of amides is 2. The Kier molecular flexibility index (Phi) is 6.59. The topological polar surface area (TPSA) is 82.8 Å². The number of likely N-dealkylation sites (tertiary alicyclic amines) is 1. The van der Waals surface area contributed by atoms with Crippen LogP contribution in [0.2, 0.25) is 5.02 Å². The molecule has 0 bridgehead atoms. The second-order valence-electron chi connectivity index (χ2n) is 11.1. The molecule has 1 aromatic carbocycles. The van der Waals surface area contributed by atoms with Gasteiger partial charge in [0.2, 0.25) is 11.8 Å². The van der Waals surface area contributed by atoms with Crippen molar-refractivity contribution in [2.45, 2.75) is 46.8 Å². The van der Waals surface area contributed by atoms with Gasteiger partial charge >= 0.3 is 0 Å². The number of aromatic nitrogens is 3. The van der Waals surface area contributed by atoms with Crippen molar-refractivity contribution >= 4 is 41.3 Å². The highest BCUT2D eigenvalue weighted by Gasteiger charge is 2.72. The van der Waals surface area contributed by atoms with Crippen molar-refractivity contribution in [3.8, 4) is 11.3 Å². The number of aryl methyl sites for hydroxylation is 1. The summed E-state index contributed by atoms with van der Waals surface area (Å²) >= 11 is 6.53. The number of piperazine rings is 1. The monoisotopic (exact) mass is 542 g/mol. The van der Waals surface area contributed by atoms with Gasteiger partial charge in [-0.3, -0.25) is 19.4 Å². The molecule has 3 fully saturated rings. The molecule has 3 aromatic rings. The standard InChI is InChI=1S/C27H31ClN6O2.ClH/c1-15-7-18(28)9-19(20(15)13-32-6-5-29-10-16(32)2)24-21-8-17(12-34(21)31-14-30-24)11-33-25(35)22-23(26(33)36)27(22,3)4;/h7-9,12,14,16,22-23,29H,5-6,10-11,13H2,1-4H3;1H. The van der Waals surface area contributed by atoms with E-state index in [2.05, 4.69) is 34.1 Å². The predicted molar refractivity (Wildman–Crippen MR) is 144 cm³/mol. The maximum absolute atomic E-state index is 12.9. The predicted octanol–water partition coefficient (Wildman–Crippen LogP) is 3.71. The van der Waals surface area contributed by atoms with Crippen molar-refractivity contribution in [2.75, 3.05) is 19.6 Å². The number of hydrogen-bond donors (Lipinski definition) is 1. The molecule has 2 saturated heterocycles. The van der Waals surface area contributed by atoms with E-state index in [4.69, 9.17) is 11.6 Å². The van der Waals surface area contributed by atoms with Crippen LogP contribution in [0.15, 0.2) is 30.7 Å². The molecule has 8 nitrogen and oxygen atoms in total. The molecule has 37 heavy (non-hydrogen) atoms. The molecular formula is C27H32Cl2N6O2. The maximum atomic E-state index is 12.9. The minimum atomic E-state index is -0.211. The van der Waals surface area contributed by atoms with E-state index in [0.717, 1.165) is 54.1 Å². The van der Waals surface area contributed by atoms with Crippen LogP contribution in [-0.2, 0) is 22.7 Å². The zero-order valence-corrected chi connectivity index (χ0v) is 23.1. The normalized spacial score (nSPS) is 24.9. The number of carbonyl (C=O) groups excluding carboxylic acids is 2. The van der Waals surface area contributed by atoms with Gasteiger partial charge in [0.05, 0.1) is 29.6 Å². The quantitative estimate of drug-likeness (QED) is 0.495. The maximum Gasteiger partial charge on any atom is 0.233 e. The summed E-state index contributed by atoms with van der Waals surface area (Å²) in [7, 11) is 0. The fourth-order valence-electron chi connectivity index (χ4n) is 6.13. The van der Waals surface area contributed by atoms with E-state index < -0.39 is 0 Å². The number of piperidine rings is 1. The summed E-state index contributed by atoms with van der Waals surface area (Å²) in [6.45, 7) is 12.3. The minimum absolute atomic E-state index is 0. The van der Waals surface area contributed by atoms with Crippen LogP contribution in [0.25, 0.3) is 16.8 Å². The summed E-state index contributed by atoms with van der Waals surface area (Å²) in [5.41, 5.74) is 5.58. The first-order valence-electron chi connectivity index (χ1n) is 12.6. The molecule has 1 aliphatic carbocycles. The minimum Gasteiger partial charge on any atom is -0.314 e. The van der Waals surface area contributed by atoms with E-state index in [1.165, 1.54) is 10.5 Å². The number of fused-ring (bicyclic) bond motifs is 2. The molecular weight excluding hydrogens is 511 g/mol. The van der Waals surface area contributed by atoms with Crippen molar-refractivity contribution in [2.24, 2.45) is 17.3 Å². The van der Waals surface area contributed by atoms with Crippen LogP contribution in [0.5, 0.6) is 0 Å². The Bertz CT molecular complexity index is 1380. The molecule has 3 aliphatic rings. The molecule has 0 spiro atoms. The highest BCUT2D eigenvalue weighted by atomic mass is 35.5. The number of halogens is 2. The number of hydrogen-bond acceptors (Lipinski definition) is 6.